The molecule has 0 N–H and O–H groups in total. The van der Waals surface area contributed by atoms with Crippen molar-refractivity contribution in [1.82, 2.24) is 0 Å². The van der Waals surface area contributed by atoms with Gasteiger partial charge in [-0.05, 0) is 0 Å². The normalized spacial score (nSPS) is 13.9. The Balaban J connectivity index is 1.50. The standard InChI is InChI=1S/C48Cl18/c49-31-19-7-1-2-4-6-5-3(1)9-15-16-10(5)23(35(53)40(58)28(16)46(64)45(63)27(15)39(57)32(50)20(9)19)24-12(6)18-17-11(4)22(34(52)41(59)29(17)47(65)48(66)30(18)42(60)36(24)54)21-8(2)14-13(7)25(37(31)55)43(61)44(62)26(14)38(56)33(21)51. The monoisotopic (exact) mass is 1210 g/mol. The molecule has 0 heterocycles. The van der Waals surface area contributed by atoms with Gasteiger partial charge in [-0.2, -0.15) is 0 Å². The van der Waals surface area contributed by atoms with Crippen LogP contribution in [0.25, 0.3) is 162 Å². The third kappa shape index (κ3) is 3.84. The highest BCUT2D eigenvalue weighted by atomic mass is 35.5. The van der Waals surface area contributed by atoms with Gasteiger partial charge in [0.2, 0.25) is 0 Å². The van der Waals surface area contributed by atoms with Crippen molar-refractivity contribution in [3.8, 4) is 0 Å². The predicted octanol–water partition coefficient (Wildman–Crippen LogP) is 25.7. The van der Waals surface area contributed by atoms with Gasteiger partial charge in [-0.3, -0.25) is 0 Å². The van der Waals surface area contributed by atoms with Crippen LogP contribution in [0.2, 0.25) is 90.4 Å². The third-order valence-corrected chi connectivity index (χ3v) is 22.4. The molecule has 16 aromatic carbocycles. The number of benzene rings is 16. The first-order chi connectivity index (χ1) is 31.4. The van der Waals surface area contributed by atoms with Crippen LogP contribution < -0.4 is 0 Å². The summed E-state index contributed by atoms with van der Waals surface area (Å²) in [6, 6.07) is 0. The summed E-state index contributed by atoms with van der Waals surface area (Å²) in [5, 5.41) is 19.3. The summed E-state index contributed by atoms with van der Waals surface area (Å²) in [6.45, 7) is 0. The third-order valence-electron chi connectivity index (χ3n) is 14.7. The first-order valence-electron chi connectivity index (χ1n) is 19.2. The van der Waals surface area contributed by atoms with Crippen molar-refractivity contribution in [3.05, 3.63) is 90.4 Å². The lowest BCUT2D eigenvalue weighted by atomic mass is 9.71. The molecule has 0 amide bonds. The molecular formula is C48Cl18. The molecule has 0 spiro atoms. The minimum absolute atomic E-state index is 0.107. The Morgan fingerprint density at radius 1 is 0.0758 bits per heavy atom. The molecule has 0 unspecified atom stereocenters. The first kappa shape index (κ1) is 41.6. The Hall–Kier alpha value is -1.02. The molecule has 16 aromatic rings. The van der Waals surface area contributed by atoms with Crippen molar-refractivity contribution in [2.24, 2.45) is 0 Å². The first-order valence-corrected chi connectivity index (χ1v) is 26.0. The molecular weight excluding hydrogens is 1210 g/mol. The molecule has 16 rings (SSSR count). The number of rotatable bonds is 0. The predicted molar refractivity (Wildman–Crippen MR) is 300 cm³/mol. The zero-order valence-corrected chi connectivity index (χ0v) is 44.4. The fourth-order valence-corrected chi connectivity index (χ4v) is 18.1. The second-order valence-corrected chi connectivity index (χ2v) is 23.7. The van der Waals surface area contributed by atoms with Gasteiger partial charge in [0.05, 0.1) is 90.4 Å². The molecule has 0 nitrogen and oxygen atoms in total. The van der Waals surface area contributed by atoms with Crippen LogP contribution in [0.4, 0.5) is 0 Å². The maximum Gasteiger partial charge on any atom is 0.0693 e. The summed E-state index contributed by atoms with van der Waals surface area (Å²) in [5.41, 5.74) is 0. The Labute approximate surface area is 455 Å². The van der Waals surface area contributed by atoms with Gasteiger partial charge in [0, 0.05) is 162 Å². The van der Waals surface area contributed by atoms with E-state index in [0.29, 0.717) is 129 Å². The molecule has 0 aliphatic heterocycles. The molecule has 0 radical (unpaired) electrons. The molecule has 0 saturated carbocycles. The number of halogens is 18. The van der Waals surface area contributed by atoms with Crippen LogP contribution in [0.1, 0.15) is 0 Å². The molecule has 318 valence electrons. The minimum Gasteiger partial charge on any atom is -0.0820 e. The summed E-state index contributed by atoms with van der Waals surface area (Å²) in [6.07, 6.45) is 0. The van der Waals surface area contributed by atoms with E-state index in [-0.39, 0.29) is 90.4 Å². The van der Waals surface area contributed by atoms with Gasteiger partial charge in [0.15, 0.2) is 0 Å². The van der Waals surface area contributed by atoms with Gasteiger partial charge >= 0.3 is 0 Å². The Morgan fingerprint density at radius 3 is 0.242 bits per heavy atom. The van der Waals surface area contributed by atoms with E-state index in [1.165, 1.54) is 0 Å². The van der Waals surface area contributed by atoms with E-state index in [0.717, 1.165) is 32.3 Å². The summed E-state index contributed by atoms with van der Waals surface area (Å²) in [7, 11) is 0. The summed E-state index contributed by atoms with van der Waals surface area (Å²) in [5.74, 6) is 0. The van der Waals surface area contributed by atoms with Gasteiger partial charge in [-0.15, -0.1) is 0 Å². The van der Waals surface area contributed by atoms with Crippen LogP contribution >= 0.6 is 209 Å². The summed E-state index contributed by atoms with van der Waals surface area (Å²) in [4.78, 5) is 0. The molecule has 0 bridgehead atoms. The highest BCUT2D eigenvalue weighted by molar-refractivity contribution is 6.75. The van der Waals surface area contributed by atoms with Crippen molar-refractivity contribution in [3.63, 3.8) is 0 Å². The van der Waals surface area contributed by atoms with Crippen molar-refractivity contribution in [2.75, 3.05) is 0 Å². The Bertz CT molecular complexity index is 4260. The lowest BCUT2D eigenvalue weighted by molar-refractivity contribution is 1.80. The second kappa shape index (κ2) is 12.4. The van der Waals surface area contributed by atoms with E-state index in [9.17, 15) is 0 Å². The number of hydrogen-bond donors (Lipinski definition) is 0. The maximum atomic E-state index is 7.63. The average molecular weight is 1210 g/mol. The fourth-order valence-electron chi connectivity index (χ4n) is 12.7. The van der Waals surface area contributed by atoms with Crippen LogP contribution in [-0.2, 0) is 0 Å². The van der Waals surface area contributed by atoms with Crippen molar-refractivity contribution < 1.29 is 0 Å². The van der Waals surface area contributed by atoms with E-state index >= 15 is 0 Å². The number of hydrogen-bond acceptors (Lipinski definition) is 0. The zero-order valence-electron chi connectivity index (χ0n) is 30.8. The summed E-state index contributed by atoms with van der Waals surface area (Å²) < 4.78 is 0. The molecule has 18 heteroatoms. The van der Waals surface area contributed by atoms with Gasteiger partial charge in [-0.1, -0.05) is 209 Å². The Kier molecular flexibility index (Phi) is 7.82. The second-order valence-electron chi connectivity index (χ2n) is 16.9. The fraction of sp³-hybridized carbons (Fsp3) is 0. The van der Waals surface area contributed by atoms with E-state index in [4.69, 9.17) is 209 Å². The molecule has 0 fully saturated rings. The molecule has 0 aliphatic rings. The maximum absolute atomic E-state index is 7.63. The minimum atomic E-state index is 0.107. The van der Waals surface area contributed by atoms with Crippen LogP contribution in [-0.4, -0.2) is 0 Å². The van der Waals surface area contributed by atoms with Crippen molar-refractivity contribution >= 4 is 370 Å². The van der Waals surface area contributed by atoms with E-state index in [1.807, 2.05) is 0 Å². The molecule has 0 aromatic heterocycles. The van der Waals surface area contributed by atoms with Gasteiger partial charge < -0.3 is 0 Å². The van der Waals surface area contributed by atoms with Crippen molar-refractivity contribution in [2.45, 2.75) is 0 Å². The quantitative estimate of drug-likeness (QED) is 0.105. The van der Waals surface area contributed by atoms with Gasteiger partial charge in [0.25, 0.3) is 0 Å². The number of fused-ring (bicyclic) bond motifs is 3. The van der Waals surface area contributed by atoms with E-state index in [2.05, 4.69) is 0 Å². The van der Waals surface area contributed by atoms with Gasteiger partial charge in [0.1, 0.15) is 0 Å². The zero-order chi connectivity index (χ0) is 45.7. The topological polar surface area (TPSA) is 0 Å². The van der Waals surface area contributed by atoms with E-state index in [1.54, 1.807) is 0 Å². The largest absolute Gasteiger partial charge is 0.0820 e. The lowest BCUT2D eigenvalue weighted by Gasteiger charge is -2.33. The molecule has 66 heavy (non-hydrogen) atoms. The Morgan fingerprint density at radius 2 is 0.136 bits per heavy atom. The molecule has 0 aliphatic carbocycles. The van der Waals surface area contributed by atoms with Gasteiger partial charge in [-0.25, -0.2) is 0 Å². The van der Waals surface area contributed by atoms with Crippen molar-refractivity contribution in [1.29, 1.82) is 0 Å². The SMILES string of the molecule is Clc1c(Cl)c2c(Cl)c(Cl)c3c4c(Cl)c(Cl)c5c(Cl)c(Cl)c6c(Cl)c(Cl)c7c8c(Cl)c(Cl)c9c(Cl)c(Cl)c%10c(Cl)c(Cl)c%11c%12c(Cl)c(Cl)c1c1c2c3c2c(c%121)c1c%11c%10c9c8c1c1c7c6c5c4c21. The smallest absolute Gasteiger partial charge is 0.0693 e. The van der Waals surface area contributed by atoms with E-state index < -0.39 is 0 Å². The van der Waals surface area contributed by atoms with Crippen LogP contribution in [0.3, 0.4) is 0 Å². The molecule has 0 saturated heterocycles. The van der Waals surface area contributed by atoms with Crippen LogP contribution in [0.15, 0.2) is 0 Å². The highest BCUT2D eigenvalue weighted by Gasteiger charge is 2.41. The molecule has 0 atom stereocenters. The average Bonchev–Trinajstić information content (AvgIpc) is 3.29. The van der Waals surface area contributed by atoms with Crippen LogP contribution in [0.5, 0.6) is 0 Å². The summed E-state index contributed by atoms with van der Waals surface area (Å²) >= 11 is 135. The van der Waals surface area contributed by atoms with Crippen LogP contribution in [0, 0.1) is 0 Å². The highest BCUT2D eigenvalue weighted by Crippen LogP contribution is 2.70. The lowest BCUT2D eigenvalue weighted by Crippen LogP contribution is -2.05.